The second kappa shape index (κ2) is 10.4. The lowest BCUT2D eigenvalue weighted by atomic mass is 10.0. The van der Waals surface area contributed by atoms with Crippen LogP contribution in [0.5, 0.6) is 23.0 Å². The van der Waals surface area contributed by atoms with Crippen LogP contribution in [0.1, 0.15) is 43.7 Å². The molecule has 0 aliphatic rings. The molecule has 0 saturated heterocycles. The average molecular weight is 388 g/mol. The van der Waals surface area contributed by atoms with E-state index in [0.717, 1.165) is 36.8 Å². The van der Waals surface area contributed by atoms with Crippen LogP contribution in [0.3, 0.4) is 0 Å². The number of aryl methyl sites for hydroxylation is 2. The maximum atomic E-state index is 11.4. The molecular formula is C22H28O6. The van der Waals surface area contributed by atoms with Crippen LogP contribution in [0.15, 0.2) is 36.4 Å². The molecule has 152 valence electrons. The quantitative estimate of drug-likeness (QED) is 0.322. The molecule has 0 aliphatic heterocycles. The molecule has 0 spiro atoms. The Morgan fingerprint density at radius 3 is 2.21 bits per heavy atom. The molecular weight excluding hydrogens is 360 g/mol. The Bertz CT molecular complexity index is 787. The summed E-state index contributed by atoms with van der Waals surface area (Å²) in [5.41, 5.74) is 1.96. The molecule has 1 atom stereocenters. The topological polar surface area (TPSA) is 96.2 Å². The van der Waals surface area contributed by atoms with E-state index in [4.69, 9.17) is 9.47 Å². The number of methoxy groups -OCH3 is 1. The van der Waals surface area contributed by atoms with Crippen LogP contribution in [0.4, 0.5) is 0 Å². The van der Waals surface area contributed by atoms with Crippen molar-refractivity contribution >= 4 is 5.97 Å². The standard InChI is InChI=1S/C22H28O6/c1-15(23)28-18(10-7-17-9-12-20(25)22(14-17)27-2)6-4-3-5-16-8-11-19(24)21(26)13-16/h8-9,11-14,18,24-26H,3-7,10H2,1-2H3/t18-/m1/s1. The van der Waals surface area contributed by atoms with Crippen molar-refractivity contribution in [2.75, 3.05) is 7.11 Å². The first kappa shape index (κ1) is 21.4. The molecule has 28 heavy (non-hydrogen) atoms. The zero-order valence-electron chi connectivity index (χ0n) is 16.4. The van der Waals surface area contributed by atoms with E-state index in [-0.39, 0.29) is 29.3 Å². The van der Waals surface area contributed by atoms with Gasteiger partial charge >= 0.3 is 5.97 Å². The molecule has 2 aromatic rings. The van der Waals surface area contributed by atoms with Crippen LogP contribution in [0, 0.1) is 0 Å². The van der Waals surface area contributed by atoms with Crippen molar-refractivity contribution in [3.05, 3.63) is 47.5 Å². The Kier molecular flexibility index (Phi) is 7.99. The molecule has 0 aromatic heterocycles. The Labute approximate surface area is 165 Å². The fourth-order valence-corrected chi connectivity index (χ4v) is 3.13. The third-order valence-electron chi connectivity index (χ3n) is 4.61. The fourth-order valence-electron chi connectivity index (χ4n) is 3.13. The maximum Gasteiger partial charge on any atom is 0.302 e. The van der Waals surface area contributed by atoms with E-state index < -0.39 is 0 Å². The maximum absolute atomic E-state index is 11.4. The number of ether oxygens (including phenoxy) is 2. The number of phenols is 3. The molecule has 0 unspecified atom stereocenters. The highest BCUT2D eigenvalue weighted by atomic mass is 16.5. The van der Waals surface area contributed by atoms with E-state index in [2.05, 4.69) is 0 Å². The van der Waals surface area contributed by atoms with Gasteiger partial charge in [0.2, 0.25) is 0 Å². The van der Waals surface area contributed by atoms with E-state index in [1.807, 2.05) is 6.07 Å². The number of rotatable bonds is 10. The minimum atomic E-state index is -0.295. The molecule has 2 rings (SSSR count). The summed E-state index contributed by atoms with van der Waals surface area (Å²) in [6.07, 6.45) is 4.50. The molecule has 2 aromatic carbocycles. The van der Waals surface area contributed by atoms with Gasteiger partial charge in [-0.1, -0.05) is 12.1 Å². The van der Waals surface area contributed by atoms with Crippen molar-refractivity contribution in [3.8, 4) is 23.0 Å². The van der Waals surface area contributed by atoms with Gasteiger partial charge in [-0.15, -0.1) is 0 Å². The van der Waals surface area contributed by atoms with Crippen LogP contribution >= 0.6 is 0 Å². The predicted octanol–water partition coefficient (Wildman–Crippen LogP) is 4.09. The summed E-state index contributed by atoms with van der Waals surface area (Å²) < 4.78 is 10.6. The highest BCUT2D eigenvalue weighted by molar-refractivity contribution is 5.66. The van der Waals surface area contributed by atoms with Crippen molar-refractivity contribution in [2.24, 2.45) is 0 Å². The van der Waals surface area contributed by atoms with Crippen LogP contribution in [0.25, 0.3) is 0 Å². The van der Waals surface area contributed by atoms with Gasteiger partial charge in [-0.3, -0.25) is 4.79 Å². The number of carbonyl (C=O) groups excluding carboxylic acids is 1. The van der Waals surface area contributed by atoms with Crippen molar-refractivity contribution in [3.63, 3.8) is 0 Å². The summed E-state index contributed by atoms with van der Waals surface area (Å²) in [7, 11) is 1.51. The number of unbranched alkanes of at least 4 members (excludes halogenated alkanes) is 1. The monoisotopic (exact) mass is 388 g/mol. The third kappa shape index (κ3) is 6.68. The van der Waals surface area contributed by atoms with Gasteiger partial charge in [0, 0.05) is 6.92 Å². The molecule has 6 nitrogen and oxygen atoms in total. The molecule has 3 N–H and O–H groups in total. The number of esters is 1. The summed E-state index contributed by atoms with van der Waals surface area (Å²) in [4.78, 5) is 11.4. The van der Waals surface area contributed by atoms with Gasteiger partial charge in [0.1, 0.15) is 6.10 Å². The lowest BCUT2D eigenvalue weighted by Crippen LogP contribution is -2.17. The van der Waals surface area contributed by atoms with Crippen LogP contribution in [-0.4, -0.2) is 34.5 Å². The van der Waals surface area contributed by atoms with Gasteiger partial charge in [-0.25, -0.2) is 0 Å². The van der Waals surface area contributed by atoms with Crippen molar-refractivity contribution < 1.29 is 29.6 Å². The molecule has 0 radical (unpaired) electrons. The molecule has 6 heteroatoms. The lowest BCUT2D eigenvalue weighted by Gasteiger charge is -2.17. The Hall–Kier alpha value is -2.89. The second-order valence-electron chi connectivity index (χ2n) is 6.85. The smallest absolute Gasteiger partial charge is 0.302 e. The van der Waals surface area contributed by atoms with Gasteiger partial charge in [-0.2, -0.15) is 0 Å². The van der Waals surface area contributed by atoms with Gasteiger partial charge < -0.3 is 24.8 Å². The number of hydrogen-bond acceptors (Lipinski definition) is 6. The number of phenolic OH excluding ortho intramolecular Hbond substituents is 3. The average Bonchev–Trinajstić information content (AvgIpc) is 2.66. The lowest BCUT2D eigenvalue weighted by molar-refractivity contribution is -0.147. The molecule has 0 aliphatic carbocycles. The second-order valence-corrected chi connectivity index (χ2v) is 6.85. The van der Waals surface area contributed by atoms with Crippen molar-refractivity contribution in [1.82, 2.24) is 0 Å². The SMILES string of the molecule is COc1cc(CC[C@@H](CCCCc2ccc(O)c(O)c2)OC(C)=O)ccc1O. The van der Waals surface area contributed by atoms with Crippen LogP contribution in [0.2, 0.25) is 0 Å². The van der Waals surface area contributed by atoms with Crippen molar-refractivity contribution in [2.45, 2.75) is 51.6 Å². The minimum absolute atomic E-state index is 0.100. The molecule has 0 amide bonds. The number of hydrogen-bond donors (Lipinski definition) is 3. The number of aromatic hydroxyl groups is 3. The summed E-state index contributed by atoms with van der Waals surface area (Å²) in [5, 5.41) is 28.6. The van der Waals surface area contributed by atoms with Crippen LogP contribution in [-0.2, 0) is 22.4 Å². The summed E-state index contributed by atoms with van der Waals surface area (Å²) in [5.74, 6) is 0.00244. The largest absolute Gasteiger partial charge is 0.504 e. The van der Waals surface area contributed by atoms with E-state index in [1.54, 1.807) is 24.3 Å². The zero-order chi connectivity index (χ0) is 20.5. The number of benzene rings is 2. The number of carbonyl (C=O) groups is 1. The Balaban J connectivity index is 1.83. The molecule has 0 saturated carbocycles. The fraction of sp³-hybridized carbons (Fsp3) is 0.409. The van der Waals surface area contributed by atoms with E-state index in [1.165, 1.54) is 20.1 Å². The summed E-state index contributed by atoms with van der Waals surface area (Å²) in [6.45, 7) is 1.41. The highest BCUT2D eigenvalue weighted by Gasteiger charge is 2.13. The molecule has 0 bridgehead atoms. The Morgan fingerprint density at radius 2 is 1.57 bits per heavy atom. The zero-order valence-corrected chi connectivity index (χ0v) is 16.4. The highest BCUT2D eigenvalue weighted by Crippen LogP contribution is 2.28. The normalized spacial score (nSPS) is 11.8. The first-order valence-electron chi connectivity index (χ1n) is 9.43. The molecule has 0 heterocycles. The third-order valence-corrected chi connectivity index (χ3v) is 4.61. The minimum Gasteiger partial charge on any atom is -0.504 e. The predicted molar refractivity (Wildman–Crippen MR) is 106 cm³/mol. The van der Waals surface area contributed by atoms with E-state index in [9.17, 15) is 20.1 Å². The Morgan fingerprint density at radius 1 is 0.893 bits per heavy atom. The van der Waals surface area contributed by atoms with Crippen molar-refractivity contribution in [1.29, 1.82) is 0 Å². The first-order chi connectivity index (χ1) is 13.4. The first-order valence-corrected chi connectivity index (χ1v) is 9.43. The van der Waals surface area contributed by atoms with E-state index in [0.29, 0.717) is 18.6 Å². The van der Waals surface area contributed by atoms with Crippen LogP contribution < -0.4 is 4.74 Å². The van der Waals surface area contributed by atoms with Gasteiger partial charge in [0.05, 0.1) is 7.11 Å². The summed E-state index contributed by atoms with van der Waals surface area (Å²) >= 11 is 0. The van der Waals surface area contributed by atoms with Gasteiger partial charge in [0.25, 0.3) is 0 Å². The summed E-state index contributed by atoms with van der Waals surface area (Å²) in [6, 6.07) is 10.1. The molecule has 0 fully saturated rings. The van der Waals surface area contributed by atoms with Gasteiger partial charge in [0.15, 0.2) is 23.0 Å². The van der Waals surface area contributed by atoms with E-state index >= 15 is 0 Å². The van der Waals surface area contributed by atoms with Gasteiger partial charge in [-0.05, 0) is 73.9 Å².